The number of nitrogens with one attached hydrogen (secondary N) is 2. The second-order valence-corrected chi connectivity index (χ2v) is 4.61. The number of nitrogens with zero attached hydrogens (tertiary/aromatic N) is 1. The van der Waals surface area contributed by atoms with E-state index in [9.17, 15) is 4.79 Å². The van der Waals surface area contributed by atoms with Crippen molar-refractivity contribution in [1.29, 1.82) is 0 Å². The molecule has 92 valence electrons. The van der Waals surface area contributed by atoms with Crippen LogP contribution >= 0.6 is 0 Å². The topological polar surface area (TPSA) is 79.5 Å². The number of rotatable bonds is 1. The monoisotopic (exact) mass is 234 g/mol. The van der Waals surface area contributed by atoms with E-state index < -0.39 is 6.03 Å². The number of nitrogens with two attached hydrogens (primary N) is 1. The van der Waals surface area contributed by atoms with Crippen LogP contribution in [-0.2, 0) is 0 Å². The van der Waals surface area contributed by atoms with Crippen molar-refractivity contribution in [3.8, 4) is 0 Å². The van der Waals surface area contributed by atoms with Gasteiger partial charge in [-0.15, -0.1) is 0 Å². The highest BCUT2D eigenvalue weighted by Gasteiger charge is 2.09. The third kappa shape index (κ3) is 5.55. The SMILES string of the molecule is CC(C)(C)N=C(N)NC(=O)Nc1ccccc1. The molecule has 0 aliphatic rings. The first-order valence-corrected chi connectivity index (χ1v) is 5.35. The molecular weight excluding hydrogens is 216 g/mol. The maximum absolute atomic E-state index is 11.5. The number of hydrogen-bond donors (Lipinski definition) is 3. The summed E-state index contributed by atoms with van der Waals surface area (Å²) in [5.74, 6) is 0.103. The normalized spacial score (nSPS) is 12.1. The van der Waals surface area contributed by atoms with Crippen LogP contribution in [0.4, 0.5) is 10.5 Å². The molecule has 0 spiro atoms. The Bertz CT molecular complexity index is 406. The predicted octanol–water partition coefficient (Wildman–Crippen LogP) is 1.92. The molecule has 5 nitrogen and oxygen atoms in total. The molecule has 0 aliphatic carbocycles. The third-order valence-electron chi connectivity index (χ3n) is 1.73. The van der Waals surface area contributed by atoms with Gasteiger partial charge in [0.15, 0.2) is 5.96 Å². The average Bonchev–Trinajstić information content (AvgIpc) is 2.15. The Kier molecular flexibility index (Phi) is 4.09. The molecule has 0 saturated carbocycles. The Morgan fingerprint density at radius 3 is 2.35 bits per heavy atom. The number of carbonyl (C=O) groups is 1. The highest BCUT2D eigenvalue weighted by atomic mass is 16.2. The minimum Gasteiger partial charge on any atom is -0.370 e. The minimum atomic E-state index is -0.401. The second-order valence-electron chi connectivity index (χ2n) is 4.61. The van der Waals surface area contributed by atoms with Crippen LogP contribution in [0.3, 0.4) is 0 Å². The quantitative estimate of drug-likeness (QED) is 0.512. The van der Waals surface area contributed by atoms with E-state index in [-0.39, 0.29) is 11.5 Å². The molecule has 5 heteroatoms. The minimum absolute atomic E-state index is 0.103. The zero-order valence-corrected chi connectivity index (χ0v) is 10.3. The average molecular weight is 234 g/mol. The molecule has 0 aliphatic heterocycles. The van der Waals surface area contributed by atoms with E-state index in [1.165, 1.54) is 0 Å². The molecule has 0 unspecified atom stereocenters. The molecule has 0 fully saturated rings. The summed E-state index contributed by atoms with van der Waals surface area (Å²) in [5, 5.41) is 5.11. The number of amides is 2. The Balaban J connectivity index is 2.54. The van der Waals surface area contributed by atoms with Crippen molar-refractivity contribution in [2.45, 2.75) is 26.3 Å². The van der Waals surface area contributed by atoms with E-state index in [4.69, 9.17) is 5.73 Å². The van der Waals surface area contributed by atoms with Gasteiger partial charge in [0.1, 0.15) is 0 Å². The fourth-order valence-electron chi connectivity index (χ4n) is 1.19. The van der Waals surface area contributed by atoms with Gasteiger partial charge in [0, 0.05) is 5.69 Å². The van der Waals surface area contributed by atoms with Gasteiger partial charge in [0.05, 0.1) is 5.54 Å². The molecule has 0 heterocycles. The van der Waals surface area contributed by atoms with Gasteiger partial charge >= 0.3 is 6.03 Å². The van der Waals surface area contributed by atoms with Gasteiger partial charge in [-0.3, -0.25) is 5.32 Å². The van der Waals surface area contributed by atoms with Crippen LogP contribution in [0.15, 0.2) is 35.3 Å². The first-order chi connectivity index (χ1) is 7.87. The lowest BCUT2D eigenvalue weighted by Crippen LogP contribution is -2.41. The van der Waals surface area contributed by atoms with Crippen LogP contribution in [0.5, 0.6) is 0 Å². The predicted molar refractivity (Wildman–Crippen MR) is 70.0 cm³/mol. The fourth-order valence-corrected chi connectivity index (χ4v) is 1.19. The van der Waals surface area contributed by atoms with Crippen LogP contribution in [0.2, 0.25) is 0 Å². The summed E-state index contributed by atoms with van der Waals surface area (Å²) >= 11 is 0. The number of benzene rings is 1. The highest BCUT2D eigenvalue weighted by Crippen LogP contribution is 2.06. The molecule has 1 aromatic carbocycles. The molecule has 4 N–H and O–H groups in total. The van der Waals surface area contributed by atoms with Gasteiger partial charge in [-0.05, 0) is 32.9 Å². The number of anilines is 1. The number of aliphatic imine (C=N–C) groups is 1. The second kappa shape index (κ2) is 5.34. The van der Waals surface area contributed by atoms with Crippen molar-refractivity contribution in [1.82, 2.24) is 5.32 Å². The molecule has 0 saturated heterocycles. The smallest absolute Gasteiger partial charge is 0.325 e. The standard InChI is InChI=1S/C12H18N4O/c1-12(2,3)16-10(13)15-11(17)14-9-7-5-4-6-8-9/h4-8H,1-3H3,(H4,13,14,15,16,17). The maximum Gasteiger partial charge on any atom is 0.325 e. The van der Waals surface area contributed by atoms with E-state index in [1.807, 2.05) is 39.0 Å². The lowest BCUT2D eigenvalue weighted by atomic mass is 10.1. The van der Waals surface area contributed by atoms with Gasteiger partial charge in [-0.2, -0.15) is 0 Å². The molecule has 1 aromatic rings. The van der Waals surface area contributed by atoms with Gasteiger partial charge in [0.2, 0.25) is 0 Å². The molecule has 0 bridgehead atoms. The maximum atomic E-state index is 11.5. The van der Waals surface area contributed by atoms with Crippen molar-refractivity contribution in [3.05, 3.63) is 30.3 Å². The summed E-state index contributed by atoms with van der Waals surface area (Å²) in [4.78, 5) is 15.6. The largest absolute Gasteiger partial charge is 0.370 e. The Morgan fingerprint density at radius 1 is 1.24 bits per heavy atom. The van der Waals surface area contributed by atoms with Gasteiger partial charge in [-0.25, -0.2) is 9.79 Å². The summed E-state index contributed by atoms with van der Waals surface area (Å²) < 4.78 is 0. The lowest BCUT2D eigenvalue weighted by Gasteiger charge is -2.14. The van der Waals surface area contributed by atoms with Crippen LogP contribution in [0, 0.1) is 0 Å². The summed E-state index contributed by atoms with van der Waals surface area (Å²) in [5.41, 5.74) is 5.98. The first kappa shape index (κ1) is 13.0. The molecule has 0 aromatic heterocycles. The Labute approximate surface area is 101 Å². The number of guanidine groups is 1. The van der Waals surface area contributed by atoms with E-state index in [0.29, 0.717) is 5.69 Å². The summed E-state index contributed by atoms with van der Waals surface area (Å²) in [6.07, 6.45) is 0. The summed E-state index contributed by atoms with van der Waals surface area (Å²) in [6, 6.07) is 8.72. The number of urea groups is 1. The van der Waals surface area contributed by atoms with E-state index in [2.05, 4.69) is 15.6 Å². The van der Waals surface area contributed by atoms with Crippen LogP contribution < -0.4 is 16.4 Å². The molecule has 0 radical (unpaired) electrons. The molecule has 1 rings (SSSR count). The van der Waals surface area contributed by atoms with Gasteiger partial charge in [0.25, 0.3) is 0 Å². The van der Waals surface area contributed by atoms with E-state index in [0.717, 1.165) is 0 Å². The zero-order chi connectivity index (χ0) is 12.9. The Hall–Kier alpha value is -2.04. The Morgan fingerprint density at radius 2 is 1.82 bits per heavy atom. The van der Waals surface area contributed by atoms with Crippen LogP contribution in [0.1, 0.15) is 20.8 Å². The van der Waals surface area contributed by atoms with Crippen molar-refractivity contribution in [3.63, 3.8) is 0 Å². The number of carbonyl (C=O) groups excluding carboxylic acids is 1. The van der Waals surface area contributed by atoms with Crippen molar-refractivity contribution in [2.24, 2.45) is 10.7 Å². The zero-order valence-electron chi connectivity index (χ0n) is 10.3. The van der Waals surface area contributed by atoms with Crippen molar-refractivity contribution < 1.29 is 4.79 Å². The lowest BCUT2D eigenvalue weighted by molar-refractivity contribution is 0.256. The molecule has 0 atom stereocenters. The molecule has 17 heavy (non-hydrogen) atoms. The summed E-state index contributed by atoms with van der Waals surface area (Å²) in [7, 11) is 0. The number of hydrogen-bond acceptors (Lipinski definition) is 2. The van der Waals surface area contributed by atoms with Crippen molar-refractivity contribution >= 4 is 17.7 Å². The van der Waals surface area contributed by atoms with Gasteiger partial charge in [-0.1, -0.05) is 18.2 Å². The summed E-state index contributed by atoms with van der Waals surface area (Å²) in [6.45, 7) is 5.70. The molecule has 2 amide bonds. The number of para-hydroxylation sites is 1. The van der Waals surface area contributed by atoms with Crippen LogP contribution in [-0.4, -0.2) is 17.5 Å². The van der Waals surface area contributed by atoms with E-state index in [1.54, 1.807) is 12.1 Å². The third-order valence-corrected chi connectivity index (χ3v) is 1.73. The van der Waals surface area contributed by atoms with Gasteiger partial charge < -0.3 is 11.1 Å². The first-order valence-electron chi connectivity index (χ1n) is 5.35. The fraction of sp³-hybridized carbons (Fsp3) is 0.333. The van der Waals surface area contributed by atoms with Crippen molar-refractivity contribution in [2.75, 3.05) is 5.32 Å². The highest BCUT2D eigenvalue weighted by molar-refractivity contribution is 6.01. The van der Waals surface area contributed by atoms with Crippen LogP contribution in [0.25, 0.3) is 0 Å². The van der Waals surface area contributed by atoms with E-state index >= 15 is 0 Å². The molecular formula is C12H18N4O.